The SMILES string of the molecule is C[C@@H](n1ccc(N)nc1=O)C1(F)COC(CO)[C@@H]1O. The molecular formula is C11H16FN3O4. The molecular weight excluding hydrogens is 257 g/mol. The quantitative estimate of drug-likeness (QED) is 0.641. The summed E-state index contributed by atoms with van der Waals surface area (Å²) in [6.07, 6.45) is -1.20. The molecule has 0 aromatic carbocycles. The highest BCUT2D eigenvalue weighted by Gasteiger charge is 2.54. The maximum atomic E-state index is 14.8. The molecule has 0 saturated carbocycles. The predicted octanol–water partition coefficient (Wildman–Crippen LogP) is -1.15. The molecule has 0 radical (unpaired) electrons. The Hall–Kier alpha value is -1.51. The molecule has 0 bridgehead atoms. The van der Waals surface area contributed by atoms with Crippen molar-refractivity contribution in [1.29, 1.82) is 0 Å². The lowest BCUT2D eigenvalue weighted by molar-refractivity contribution is -0.0301. The number of nitrogen functional groups attached to an aromatic ring is 1. The molecule has 2 unspecified atom stereocenters. The summed E-state index contributed by atoms with van der Waals surface area (Å²) in [5.74, 6) is 0.0396. The summed E-state index contributed by atoms with van der Waals surface area (Å²) in [6.45, 7) is 0.539. The number of halogens is 1. The van der Waals surface area contributed by atoms with E-state index in [4.69, 9.17) is 15.6 Å². The van der Waals surface area contributed by atoms with Crippen LogP contribution in [0.2, 0.25) is 0 Å². The van der Waals surface area contributed by atoms with Gasteiger partial charge in [-0.3, -0.25) is 4.57 Å². The summed E-state index contributed by atoms with van der Waals surface area (Å²) >= 11 is 0. The van der Waals surface area contributed by atoms with Crippen LogP contribution in [0.5, 0.6) is 0 Å². The zero-order chi connectivity index (χ0) is 14.2. The fourth-order valence-electron chi connectivity index (χ4n) is 2.19. The molecule has 1 aliphatic heterocycles. The van der Waals surface area contributed by atoms with E-state index in [2.05, 4.69) is 4.98 Å². The first kappa shape index (κ1) is 13.9. The van der Waals surface area contributed by atoms with Gasteiger partial charge in [0, 0.05) is 6.20 Å². The van der Waals surface area contributed by atoms with Crippen molar-refractivity contribution in [3.63, 3.8) is 0 Å². The van der Waals surface area contributed by atoms with Crippen molar-refractivity contribution in [2.24, 2.45) is 0 Å². The standard InChI is InChI=1S/C11H16FN3O4/c1-6(15-3-2-8(13)14-10(15)18)11(12)5-19-7(4-16)9(11)17/h2-3,6-7,9,16-17H,4-5H2,1H3,(H2,13,14,18)/t6-,7?,9+,11?/m1/s1. The molecule has 106 valence electrons. The molecule has 19 heavy (non-hydrogen) atoms. The lowest BCUT2D eigenvalue weighted by atomic mass is 9.91. The number of hydrogen-bond donors (Lipinski definition) is 3. The van der Waals surface area contributed by atoms with Gasteiger partial charge in [0.1, 0.15) is 18.0 Å². The Labute approximate surface area is 108 Å². The van der Waals surface area contributed by atoms with Gasteiger partial charge in [0.05, 0.1) is 19.3 Å². The number of nitrogens with two attached hydrogens (primary N) is 1. The van der Waals surface area contributed by atoms with E-state index in [1.54, 1.807) is 0 Å². The number of ether oxygens (including phenoxy) is 1. The second kappa shape index (κ2) is 4.87. The fourth-order valence-corrected chi connectivity index (χ4v) is 2.19. The normalized spacial score (nSPS) is 32.4. The molecule has 1 aliphatic rings. The number of alkyl halides is 1. The number of rotatable bonds is 3. The van der Waals surface area contributed by atoms with Crippen LogP contribution >= 0.6 is 0 Å². The summed E-state index contributed by atoms with van der Waals surface area (Å²) in [4.78, 5) is 15.2. The highest BCUT2D eigenvalue weighted by atomic mass is 19.1. The van der Waals surface area contributed by atoms with Gasteiger partial charge < -0.3 is 20.7 Å². The van der Waals surface area contributed by atoms with Gasteiger partial charge in [-0.2, -0.15) is 4.98 Å². The highest BCUT2D eigenvalue weighted by molar-refractivity contribution is 5.24. The van der Waals surface area contributed by atoms with E-state index in [0.29, 0.717) is 0 Å². The Morgan fingerprint density at radius 1 is 1.79 bits per heavy atom. The van der Waals surface area contributed by atoms with Crippen LogP contribution in [0.4, 0.5) is 10.2 Å². The minimum atomic E-state index is -2.17. The molecule has 0 amide bonds. The molecule has 0 spiro atoms. The van der Waals surface area contributed by atoms with Crippen LogP contribution in [0.3, 0.4) is 0 Å². The average molecular weight is 273 g/mol. The van der Waals surface area contributed by atoms with Gasteiger partial charge in [0.2, 0.25) is 0 Å². The van der Waals surface area contributed by atoms with E-state index in [1.807, 2.05) is 0 Å². The summed E-state index contributed by atoms with van der Waals surface area (Å²) in [6, 6.07) is 0.368. The molecule has 0 aliphatic carbocycles. The summed E-state index contributed by atoms with van der Waals surface area (Å²) in [7, 11) is 0. The summed E-state index contributed by atoms with van der Waals surface area (Å²) in [5, 5.41) is 18.8. The van der Waals surface area contributed by atoms with Crippen molar-refractivity contribution in [3.8, 4) is 0 Å². The first-order chi connectivity index (χ1) is 8.90. The van der Waals surface area contributed by atoms with Crippen molar-refractivity contribution in [3.05, 3.63) is 22.7 Å². The molecule has 2 heterocycles. The first-order valence-corrected chi connectivity index (χ1v) is 5.84. The second-order valence-electron chi connectivity index (χ2n) is 4.62. The van der Waals surface area contributed by atoms with E-state index in [-0.39, 0.29) is 5.82 Å². The van der Waals surface area contributed by atoms with E-state index in [0.717, 1.165) is 4.57 Å². The molecule has 4 atom stereocenters. The number of aliphatic hydroxyl groups excluding tert-OH is 2. The monoisotopic (exact) mass is 273 g/mol. The third kappa shape index (κ3) is 2.22. The van der Waals surface area contributed by atoms with Crippen molar-refractivity contribution in [2.75, 3.05) is 18.9 Å². The fraction of sp³-hybridized carbons (Fsp3) is 0.636. The molecule has 7 nitrogen and oxygen atoms in total. The molecule has 1 saturated heterocycles. The van der Waals surface area contributed by atoms with E-state index in [9.17, 15) is 14.3 Å². The Balaban J connectivity index is 2.33. The lowest BCUT2D eigenvalue weighted by Gasteiger charge is -2.30. The summed E-state index contributed by atoms with van der Waals surface area (Å²) in [5.41, 5.74) is 2.48. The predicted molar refractivity (Wildman–Crippen MR) is 64.3 cm³/mol. The zero-order valence-corrected chi connectivity index (χ0v) is 10.4. The summed E-state index contributed by atoms with van der Waals surface area (Å²) < 4.78 is 20.8. The first-order valence-electron chi connectivity index (χ1n) is 5.84. The van der Waals surface area contributed by atoms with E-state index in [1.165, 1.54) is 19.2 Å². The van der Waals surface area contributed by atoms with Gasteiger partial charge in [0.25, 0.3) is 0 Å². The Morgan fingerprint density at radius 3 is 3.00 bits per heavy atom. The maximum absolute atomic E-state index is 14.8. The minimum absolute atomic E-state index is 0.0396. The molecule has 1 aromatic heterocycles. The number of aliphatic hydroxyl groups is 2. The van der Waals surface area contributed by atoms with Gasteiger partial charge in [-0.25, -0.2) is 9.18 Å². The molecule has 4 N–H and O–H groups in total. The van der Waals surface area contributed by atoms with Gasteiger partial charge in [-0.05, 0) is 13.0 Å². The zero-order valence-electron chi connectivity index (χ0n) is 10.4. The van der Waals surface area contributed by atoms with Crippen LogP contribution in [0.25, 0.3) is 0 Å². The maximum Gasteiger partial charge on any atom is 0.349 e. The smallest absolute Gasteiger partial charge is 0.349 e. The van der Waals surface area contributed by atoms with Gasteiger partial charge in [-0.15, -0.1) is 0 Å². The minimum Gasteiger partial charge on any atom is -0.394 e. The van der Waals surface area contributed by atoms with Crippen LogP contribution < -0.4 is 11.4 Å². The van der Waals surface area contributed by atoms with Gasteiger partial charge >= 0.3 is 5.69 Å². The Kier molecular flexibility index (Phi) is 3.57. The number of hydrogen-bond acceptors (Lipinski definition) is 6. The largest absolute Gasteiger partial charge is 0.394 e. The van der Waals surface area contributed by atoms with Crippen molar-refractivity contribution < 1.29 is 19.3 Å². The third-order valence-corrected chi connectivity index (χ3v) is 3.51. The average Bonchev–Trinajstić information content (AvgIpc) is 2.66. The number of anilines is 1. The van der Waals surface area contributed by atoms with E-state index < -0.39 is 42.8 Å². The van der Waals surface area contributed by atoms with Crippen LogP contribution in [-0.2, 0) is 4.74 Å². The number of nitrogens with zero attached hydrogens (tertiary/aromatic N) is 2. The molecule has 1 aromatic rings. The van der Waals surface area contributed by atoms with Gasteiger partial charge in [-0.1, -0.05) is 0 Å². The highest BCUT2D eigenvalue weighted by Crippen LogP contribution is 2.37. The second-order valence-corrected chi connectivity index (χ2v) is 4.62. The topological polar surface area (TPSA) is 111 Å². The Morgan fingerprint density at radius 2 is 2.47 bits per heavy atom. The van der Waals surface area contributed by atoms with Gasteiger partial charge in [0.15, 0.2) is 5.67 Å². The van der Waals surface area contributed by atoms with Crippen molar-refractivity contribution in [2.45, 2.75) is 30.8 Å². The van der Waals surface area contributed by atoms with Crippen molar-refractivity contribution in [1.82, 2.24) is 9.55 Å². The van der Waals surface area contributed by atoms with Crippen LogP contribution in [0, 0.1) is 0 Å². The van der Waals surface area contributed by atoms with Crippen LogP contribution in [0.1, 0.15) is 13.0 Å². The van der Waals surface area contributed by atoms with E-state index >= 15 is 0 Å². The third-order valence-electron chi connectivity index (χ3n) is 3.51. The molecule has 2 rings (SSSR count). The lowest BCUT2D eigenvalue weighted by Crippen LogP contribution is -2.49. The molecule has 1 fully saturated rings. The molecule has 8 heteroatoms. The Bertz CT molecular complexity index is 523. The van der Waals surface area contributed by atoms with Crippen molar-refractivity contribution >= 4 is 5.82 Å². The van der Waals surface area contributed by atoms with Crippen LogP contribution in [0.15, 0.2) is 17.1 Å². The number of aromatic nitrogens is 2. The van der Waals surface area contributed by atoms with Crippen LogP contribution in [-0.4, -0.2) is 50.9 Å².